The molecule has 0 saturated carbocycles. The van der Waals surface area contributed by atoms with Gasteiger partial charge in [-0.2, -0.15) is 5.10 Å². The van der Waals surface area contributed by atoms with Crippen LogP contribution in [0.5, 0.6) is 5.75 Å². The number of non-ortho nitro benzene ring substituents is 1. The Hall–Kier alpha value is -3.75. The molecule has 0 fully saturated rings. The molecule has 2 rings (SSSR count). The molecule has 9 nitrogen and oxygen atoms in total. The van der Waals surface area contributed by atoms with Gasteiger partial charge in [-0.1, -0.05) is 6.58 Å². The summed E-state index contributed by atoms with van der Waals surface area (Å²) in [5, 5.41) is 25.9. The molecule has 0 unspecified atom stereocenters. The third-order valence-corrected chi connectivity index (χ3v) is 3.26. The molecule has 0 aliphatic rings. The summed E-state index contributed by atoms with van der Waals surface area (Å²) >= 11 is 0. The van der Waals surface area contributed by atoms with Gasteiger partial charge in [-0.3, -0.25) is 25.7 Å². The second kappa shape index (κ2) is 7.68. The molecule has 2 aromatic carbocycles. The molecule has 9 heteroatoms. The van der Waals surface area contributed by atoms with Crippen molar-refractivity contribution in [2.24, 2.45) is 5.10 Å². The molecular formula is C16H14N4O5. The Kier molecular flexibility index (Phi) is 5.41. The van der Waals surface area contributed by atoms with Gasteiger partial charge in [0.2, 0.25) is 0 Å². The van der Waals surface area contributed by atoms with Crippen molar-refractivity contribution >= 4 is 22.8 Å². The molecule has 0 saturated heterocycles. The van der Waals surface area contributed by atoms with Gasteiger partial charge in [0.05, 0.1) is 28.7 Å². The van der Waals surface area contributed by atoms with Crippen LogP contribution in [0.1, 0.15) is 5.56 Å². The fourth-order valence-electron chi connectivity index (χ4n) is 1.99. The standard InChI is InChI=1S/C16H14N4O5/c1-3-14(11-4-7-13(25-2)8-5-11)17-18-15-9-6-12(19(21)22)10-16(15)20(23)24/h3-10,18H,1H2,2H3. The van der Waals surface area contributed by atoms with Gasteiger partial charge in [0.25, 0.3) is 5.69 Å². The summed E-state index contributed by atoms with van der Waals surface area (Å²) in [6, 6.07) is 10.3. The van der Waals surface area contributed by atoms with Crippen LogP contribution in [0, 0.1) is 20.2 Å². The minimum absolute atomic E-state index is 0.0310. The molecule has 0 amide bonds. The lowest BCUT2D eigenvalue weighted by Gasteiger charge is -2.06. The molecule has 1 N–H and O–H groups in total. The number of rotatable bonds is 7. The van der Waals surface area contributed by atoms with E-state index in [0.29, 0.717) is 17.0 Å². The minimum atomic E-state index is -0.716. The largest absolute Gasteiger partial charge is 0.497 e. The summed E-state index contributed by atoms with van der Waals surface area (Å²) < 4.78 is 5.07. The second-order valence-electron chi connectivity index (χ2n) is 4.76. The maximum atomic E-state index is 11.1. The predicted octanol–water partition coefficient (Wildman–Crippen LogP) is 3.51. The molecule has 0 bridgehead atoms. The summed E-state index contributed by atoms with van der Waals surface area (Å²) in [7, 11) is 1.55. The van der Waals surface area contributed by atoms with Crippen LogP contribution in [0.2, 0.25) is 0 Å². The molecule has 0 atom stereocenters. The number of nitro benzene ring substituents is 2. The Morgan fingerprint density at radius 3 is 2.36 bits per heavy atom. The molecule has 0 aliphatic heterocycles. The summed E-state index contributed by atoms with van der Waals surface area (Å²) in [5.74, 6) is 0.672. The summed E-state index contributed by atoms with van der Waals surface area (Å²) in [4.78, 5) is 20.4. The van der Waals surface area contributed by atoms with Crippen LogP contribution < -0.4 is 10.2 Å². The van der Waals surface area contributed by atoms with E-state index in [-0.39, 0.29) is 11.4 Å². The van der Waals surface area contributed by atoms with Crippen LogP contribution in [0.25, 0.3) is 0 Å². The lowest BCUT2D eigenvalue weighted by Crippen LogP contribution is -2.03. The number of nitrogens with zero attached hydrogens (tertiary/aromatic N) is 3. The normalized spacial score (nSPS) is 10.8. The van der Waals surface area contributed by atoms with Gasteiger partial charge in [0, 0.05) is 11.6 Å². The predicted molar refractivity (Wildman–Crippen MR) is 93.1 cm³/mol. The van der Waals surface area contributed by atoms with E-state index >= 15 is 0 Å². The Bertz CT molecular complexity index is 846. The van der Waals surface area contributed by atoms with Crippen molar-refractivity contribution in [3.8, 4) is 5.75 Å². The van der Waals surface area contributed by atoms with Gasteiger partial charge in [-0.25, -0.2) is 0 Å². The van der Waals surface area contributed by atoms with E-state index in [2.05, 4.69) is 17.1 Å². The lowest BCUT2D eigenvalue weighted by atomic mass is 10.1. The number of ether oxygens (including phenoxy) is 1. The molecule has 25 heavy (non-hydrogen) atoms. The third-order valence-electron chi connectivity index (χ3n) is 3.26. The molecular weight excluding hydrogens is 328 g/mol. The first-order valence-electron chi connectivity index (χ1n) is 6.99. The Labute approximate surface area is 142 Å². The molecule has 0 aliphatic carbocycles. The smallest absolute Gasteiger partial charge is 0.301 e. The Morgan fingerprint density at radius 1 is 1.16 bits per heavy atom. The van der Waals surface area contributed by atoms with Crippen molar-refractivity contribution in [2.75, 3.05) is 12.5 Å². The highest BCUT2D eigenvalue weighted by atomic mass is 16.6. The number of allylic oxidation sites excluding steroid dienone is 1. The van der Waals surface area contributed by atoms with Crippen molar-refractivity contribution in [1.82, 2.24) is 0 Å². The number of nitro groups is 2. The number of hydrogen-bond donors (Lipinski definition) is 1. The second-order valence-corrected chi connectivity index (χ2v) is 4.76. The maximum Gasteiger partial charge on any atom is 0.301 e. The monoisotopic (exact) mass is 342 g/mol. The first kappa shape index (κ1) is 17.6. The third kappa shape index (κ3) is 4.16. The van der Waals surface area contributed by atoms with Gasteiger partial charge in [-0.05, 0) is 36.4 Å². The topological polar surface area (TPSA) is 120 Å². The van der Waals surface area contributed by atoms with Crippen molar-refractivity contribution in [3.63, 3.8) is 0 Å². The van der Waals surface area contributed by atoms with Crippen LogP contribution in [0.15, 0.2) is 60.2 Å². The summed E-state index contributed by atoms with van der Waals surface area (Å²) in [5.41, 5.74) is 2.92. The average Bonchev–Trinajstić information content (AvgIpc) is 2.62. The summed E-state index contributed by atoms with van der Waals surface area (Å²) in [6.07, 6.45) is 1.48. The number of methoxy groups -OCH3 is 1. The van der Waals surface area contributed by atoms with Gasteiger partial charge in [0.15, 0.2) is 0 Å². The van der Waals surface area contributed by atoms with Crippen LogP contribution in [0.3, 0.4) is 0 Å². The zero-order valence-corrected chi connectivity index (χ0v) is 13.2. The van der Waals surface area contributed by atoms with Crippen LogP contribution in [-0.4, -0.2) is 22.7 Å². The highest BCUT2D eigenvalue weighted by Crippen LogP contribution is 2.29. The van der Waals surface area contributed by atoms with E-state index in [4.69, 9.17) is 4.74 Å². The minimum Gasteiger partial charge on any atom is -0.497 e. The summed E-state index contributed by atoms with van der Waals surface area (Å²) in [6.45, 7) is 3.66. The first-order chi connectivity index (χ1) is 12.0. The van der Waals surface area contributed by atoms with Crippen LogP contribution >= 0.6 is 0 Å². The van der Waals surface area contributed by atoms with Gasteiger partial charge in [-0.15, -0.1) is 0 Å². The van der Waals surface area contributed by atoms with Crippen molar-refractivity contribution < 1.29 is 14.6 Å². The fourth-order valence-corrected chi connectivity index (χ4v) is 1.99. The Morgan fingerprint density at radius 2 is 1.84 bits per heavy atom. The van der Waals surface area contributed by atoms with Crippen molar-refractivity contribution in [1.29, 1.82) is 0 Å². The highest BCUT2D eigenvalue weighted by Gasteiger charge is 2.19. The first-order valence-corrected chi connectivity index (χ1v) is 6.99. The van der Waals surface area contributed by atoms with Gasteiger partial charge >= 0.3 is 5.69 Å². The van der Waals surface area contributed by atoms with E-state index in [1.807, 2.05) is 0 Å². The SMILES string of the molecule is C=CC(=NNc1ccc([N+](=O)[O-])cc1[N+](=O)[O-])c1ccc(OC)cc1. The van der Waals surface area contributed by atoms with Gasteiger partial charge in [0.1, 0.15) is 11.4 Å². The lowest BCUT2D eigenvalue weighted by molar-refractivity contribution is -0.393. The van der Waals surface area contributed by atoms with Gasteiger partial charge < -0.3 is 4.74 Å². The van der Waals surface area contributed by atoms with E-state index in [1.54, 1.807) is 31.4 Å². The highest BCUT2D eigenvalue weighted by molar-refractivity contribution is 6.08. The number of hydrogen-bond acceptors (Lipinski definition) is 7. The van der Waals surface area contributed by atoms with E-state index in [9.17, 15) is 20.2 Å². The number of nitrogens with one attached hydrogen (secondary N) is 1. The molecule has 0 spiro atoms. The number of benzene rings is 2. The van der Waals surface area contributed by atoms with Crippen molar-refractivity contribution in [3.05, 3.63) is 80.9 Å². The van der Waals surface area contributed by atoms with E-state index < -0.39 is 15.5 Å². The van der Waals surface area contributed by atoms with Crippen LogP contribution in [0.4, 0.5) is 17.1 Å². The average molecular weight is 342 g/mol. The number of anilines is 1. The quantitative estimate of drug-likeness (QED) is 0.467. The fraction of sp³-hybridized carbons (Fsp3) is 0.0625. The van der Waals surface area contributed by atoms with E-state index in [1.165, 1.54) is 12.1 Å². The Balaban J connectivity index is 2.33. The number of hydrazone groups is 1. The van der Waals surface area contributed by atoms with Crippen LogP contribution in [-0.2, 0) is 0 Å². The van der Waals surface area contributed by atoms with E-state index in [0.717, 1.165) is 12.1 Å². The maximum absolute atomic E-state index is 11.1. The molecule has 128 valence electrons. The molecule has 0 aromatic heterocycles. The van der Waals surface area contributed by atoms with Crippen molar-refractivity contribution in [2.45, 2.75) is 0 Å². The molecule has 0 heterocycles. The molecule has 0 radical (unpaired) electrons. The molecule has 2 aromatic rings. The zero-order chi connectivity index (χ0) is 18.4. The zero-order valence-electron chi connectivity index (χ0n) is 13.2.